The first-order chi connectivity index (χ1) is 11.4. The highest BCUT2D eigenvalue weighted by atomic mass is 16.5. The first kappa shape index (κ1) is 17.6. The van der Waals surface area contributed by atoms with Crippen molar-refractivity contribution in [2.24, 2.45) is 5.41 Å². The molecule has 2 aromatic rings. The van der Waals surface area contributed by atoms with Crippen molar-refractivity contribution in [2.45, 2.75) is 33.3 Å². The first-order valence-electron chi connectivity index (χ1n) is 7.79. The molecule has 0 bridgehead atoms. The van der Waals surface area contributed by atoms with Gasteiger partial charge in [-0.3, -0.25) is 4.79 Å². The summed E-state index contributed by atoms with van der Waals surface area (Å²) in [5.74, 6) is 0.905. The third-order valence-electron chi connectivity index (χ3n) is 3.18. The van der Waals surface area contributed by atoms with Gasteiger partial charge in [-0.1, -0.05) is 51.1 Å². The Hall–Kier alpha value is -2.80. The van der Waals surface area contributed by atoms with Gasteiger partial charge in [-0.25, -0.2) is 0 Å². The summed E-state index contributed by atoms with van der Waals surface area (Å²) in [5.41, 5.74) is 0.406. The van der Waals surface area contributed by atoms with Gasteiger partial charge in [0.15, 0.2) is 0 Å². The molecule has 0 heterocycles. The monoisotopic (exact) mass is 323 g/mol. The number of nitrogens with zero attached hydrogens (tertiary/aromatic N) is 1. The SMILES string of the molecule is CC(C)(C)CC(=O)OC(C#N)c1cccc(Oc2ccccc2)c1. The fraction of sp³-hybridized carbons (Fsp3) is 0.300. The number of nitriles is 1. The van der Waals surface area contributed by atoms with Crippen LogP contribution in [0.15, 0.2) is 54.6 Å². The molecular formula is C20H21NO3. The van der Waals surface area contributed by atoms with E-state index in [0.717, 1.165) is 0 Å². The molecule has 4 heteroatoms. The van der Waals surface area contributed by atoms with Crippen LogP contribution in [0.25, 0.3) is 0 Å². The van der Waals surface area contributed by atoms with Crippen molar-refractivity contribution in [3.63, 3.8) is 0 Å². The second-order valence-corrected chi connectivity index (χ2v) is 6.72. The minimum Gasteiger partial charge on any atom is -0.457 e. The topological polar surface area (TPSA) is 59.3 Å². The molecule has 0 radical (unpaired) electrons. The molecule has 0 aliphatic heterocycles. The van der Waals surface area contributed by atoms with Gasteiger partial charge in [0.25, 0.3) is 0 Å². The molecule has 0 saturated heterocycles. The predicted octanol–water partition coefficient (Wildman–Crippen LogP) is 5.02. The summed E-state index contributed by atoms with van der Waals surface area (Å²) >= 11 is 0. The van der Waals surface area contributed by atoms with Crippen molar-refractivity contribution in [3.8, 4) is 17.6 Å². The van der Waals surface area contributed by atoms with Crippen LogP contribution in [-0.4, -0.2) is 5.97 Å². The molecule has 1 atom stereocenters. The van der Waals surface area contributed by atoms with Gasteiger partial charge in [0.05, 0.1) is 6.42 Å². The highest BCUT2D eigenvalue weighted by molar-refractivity contribution is 5.70. The Balaban J connectivity index is 2.11. The van der Waals surface area contributed by atoms with Gasteiger partial charge in [-0.2, -0.15) is 5.26 Å². The van der Waals surface area contributed by atoms with E-state index in [2.05, 4.69) is 0 Å². The molecule has 0 fully saturated rings. The molecule has 0 amide bonds. The molecule has 2 aromatic carbocycles. The molecule has 24 heavy (non-hydrogen) atoms. The maximum Gasteiger partial charge on any atom is 0.307 e. The van der Waals surface area contributed by atoms with E-state index in [1.807, 2.05) is 57.2 Å². The quantitative estimate of drug-likeness (QED) is 0.725. The van der Waals surface area contributed by atoms with Gasteiger partial charge in [-0.15, -0.1) is 0 Å². The summed E-state index contributed by atoms with van der Waals surface area (Å²) in [7, 11) is 0. The van der Waals surface area contributed by atoms with E-state index in [0.29, 0.717) is 17.1 Å². The molecular weight excluding hydrogens is 302 g/mol. The zero-order valence-corrected chi connectivity index (χ0v) is 14.2. The average molecular weight is 323 g/mol. The van der Waals surface area contributed by atoms with Crippen LogP contribution in [0.4, 0.5) is 0 Å². The van der Waals surface area contributed by atoms with Crippen molar-refractivity contribution in [3.05, 3.63) is 60.2 Å². The summed E-state index contributed by atoms with van der Waals surface area (Å²) in [6.45, 7) is 5.85. The molecule has 0 aromatic heterocycles. The third kappa shape index (κ3) is 5.44. The van der Waals surface area contributed by atoms with Crippen LogP contribution < -0.4 is 4.74 Å². The first-order valence-corrected chi connectivity index (χ1v) is 7.79. The van der Waals surface area contributed by atoms with Crippen LogP contribution in [0, 0.1) is 16.7 Å². The fourth-order valence-corrected chi connectivity index (χ4v) is 2.14. The Morgan fingerprint density at radius 2 is 1.75 bits per heavy atom. The number of rotatable bonds is 5. The lowest BCUT2D eigenvalue weighted by Crippen LogP contribution is -2.17. The minimum atomic E-state index is -0.945. The lowest BCUT2D eigenvalue weighted by Gasteiger charge is -2.18. The molecule has 0 spiro atoms. The standard InChI is InChI=1S/C20H21NO3/c1-20(2,3)13-19(22)24-18(14-21)15-8-7-11-17(12-15)23-16-9-5-4-6-10-16/h4-12,18H,13H2,1-3H3. The number of esters is 1. The number of hydrogen-bond acceptors (Lipinski definition) is 4. The Morgan fingerprint density at radius 3 is 2.38 bits per heavy atom. The van der Waals surface area contributed by atoms with Gasteiger partial charge >= 0.3 is 5.97 Å². The van der Waals surface area contributed by atoms with Crippen molar-refractivity contribution >= 4 is 5.97 Å². The maximum atomic E-state index is 12.0. The minimum absolute atomic E-state index is 0.185. The fourth-order valence-electron chi connectivity index (χ4n) is 2.14. The van der Waals surface area contributed by atoms with Crippen LogP contribution in [-0.2, 0) is 9.53 Å². The molecule has 1 unspecified atom stereocenters. The van der Waals surface area contributed by atoms with E-state index in [4.69, 9.17) is 9.47 Å². The van der Waals surface area contributed by atoms with Crippen molar-refractivity contribution in [2.75, 3.05) is 0 Å². The Bertz CT molecular complexity index is 727. The highest BCUT2D eigenvalue weighted by Crippen LogP contribution is 2.27. The average Bonchev–Trinajstić information content (AvgIpc) is 2.52. The molecule has 2 rings (SSSR count). The molecule has 124 valence electrons. The molecule has 4 nitrogen and oxygen atoms in total. The number of carbonyl (C=O) groups is 1. The van der Waals surface area contributed by atoms with E-state index >= 15 is 0 Å². The Morgan fingerprint density at radius 1 is 1.08 bits per heavy atom. The number of ether oxygens (including phenoxy) is 2. The van der Waals surface area contributed by atoms with Crippen molar-refractivity contribution < 1.29 is 14.3 Å². The molecule has 0 saturated carbocycles. The van der Waals surface area contributed by atoms with Crippen molar-refractivity contribution in [1.82, 2.24) is 0 Å². The molecule has 0 aliphatic carbocycles. The summed E-state index contributed by atoms with van der Waals surface area (Å²) in [5, 5.41) is 9.34. The van der Waals surface area contributed by atoms with Gasteiger partial charge < -0.3 is 9.47 Å². The van der Waals surface area contributed by atoms with E-state index in [1.165, 1.54) is 0 Å². The third-order valence-corrected chi connectivity index (χ3v) is 3.18. The lowest BCUT2D eigenvalue weighted by atomic mass is 9.92. The van der Waals surface area contributed by atoms with Gasteiger partial charge in [-0.05, 0) is 29.7 Å². The van der Waals surface area contributed by atoms with E-state index in [1.54, 1.807) is 24.3 Å². The second-order valence-electron chi connectivity index (χ2n) is 6.72. The Labute approximate surface area is 142 Å². The van der Waals surface area contributed by atoms with Crippen molar-refractivity contribution in [1.29, 1.82) is 5.26 Å². The van der Waals surface area contributed by atoms with E-state index in [-0.39, 0.29) is 17.8 Å². The normalized spacial score (nSPS) is 12.1. The van der Waals surface area contributed by atoms with Crippen LogP contribution >= 0.6 is 0 Å². The zero-order valence-electron chi connectivity index (χ0n) is 14.2. The smallest absolute Gasteiger partial charge is 0.307 e. The maximum absolute atomic E-state index is 12.0. The second kappa shape index (κ2) is 7.65. The van der Waals surface area contributed by atoms with Gasteiger partial charge in [0, 0.05) is 5.56 Å². The van der Waals surface area contributed by atoms with Gasteiger partial charge in [0.1, 0.15) is 17.6 Å². The van der Waals surface area contributed by atoms with Crippen LogP contribution in [0.2, 0.25) is 0 Å². The lowest BCUT2D eigenvalue weighted by molar-refractivity contribution is -0.149. The highest BCUT2D eigenvalue weighted by Gasteiger charge is 2.22. The molecule has 0 aliphatic rings. The summed E-state index contributed by atoms with van der Waals surface area (Å²) in [4.78, 5) is 12.0. The number of carbonyl (C=O) groups excluding carboxylic acids is 1. The summed E-state index contributed by atoms with van der Waals surface area (Å²) in [6, 6.07) is 18.4. The van der Waals surface area contributed by atoms with E-state index < -0.39 is 6.10 Å². The molecule has 0 N–H and O–H groups in total. The van der Waals surface area contributed by atoms with Crippen LogP contribution in [0.1, 0.15) is 38.9 Å². The number of benzene rings is 2. The number of hydrogen-bond donors (Lipinski definition) is 0. The van der Waals surface area contributed by atoms with Crippen LogP contribution in [0.5, 0.6) is 11.5 Å². The van der Waals surface area contributed by atoms with Crippen LogP contribution in [0.3, 0.4) is 0 Å². The summed E-state index contributed by atoms with van der Waals surface area (Å²) < 4.78 is 11.1. The van der Waals surface area contributed by atoms with E-state index in [9.17, 15) is 10.1 Å². The predicted molar refractivity (Wildman–Crippen MR) is 91.5 cm³/mol. The number of para-hydroxylation sites is 1. The largest absolute Gasteiger partial charge is 0.457 e. The van der Waals surface area contributed by atoms with Gasteiger partial charge in [0.2, 0.25) is 6.10 Å². The zero-order chi connectivity index (χ0) is 17.6. The summed E-state index contributed by atoms with van der Waals surface area (Å²) in [6.07, 6.45) is -0.690. The Kier molecular flexibility index (Phi) is 5.59.